The Morgan fingerprint density at radius 2 is 1.75 bits per heavy atom. The predicted molar refractivity (Wildman–Crippen MR) is 76.9 cm³/mol. The van der Waals surface area contributed by atoms with E-state index in [1.54, 1.807) is 0 Å². The average molecular weight is 288 g/mol. The number of aryl methyl sites for hydroxylation is 1. The molecule has 2 nitrogen and oxygen atoms in total. The molecule has 114 valence electrons. The molecule has 0 aliphatic rings. The van der Waals surface area contributed by atoms with Crippen molar-refractivity contribution in [1.29, 1.82) is 0 Å². The first kappa shape index (κ1) is 16.8. The van der Waals surface area contributed by atoms with Crippen LogP contribution in [0.15, 0.2) is 24.3 Å². The average Bonchev–Trinajstić information content (AvgIpc) is 2.36. The Morgan fingerprint density at radius 1 is 1.15 bits per heavy atom. The monoisotopic (exact) mass is 288 g/mol. The summed E-state index contributed by atoms with van der Waals surface area (Å²) < 4.78 is 36.8. The minimum absolute atomic E-state index is 0.0907. The fraction of sp³-hybridized carbons (Fsp3) is 0.600. The lowest BCUT2D eigenvalue weighted by atomic mass is 9.92. The van der Waals surface area contributed by atoms with Gasteiger partial charge in [0, 0.05) is 31.2 Å². The molecule has 0 aromatic heterocycles. The molecule has 0 aliphatic heterocycles. The summed E-state index contributed by atoms with van der Waals surface area (Å²) in [6.07, 6.45) is -4.36. The van der Waals surface area contributed by atoms with Gasteiger partial charge in [0.1, 0.15) is 0 Å². The van der Waals surface area contributed by atoms with Gasteiger partial charge in [0.05, 0.1) is 0 Å². The first-order chi connectivity index (χ1) is 9.19. The summed E-state index contributed by atoms with van der Waals surface area (Å²) >= 11 is 0. The van der Waals surface area contributed by atoms with Gasteiger partial charge in [-0.1, -0.05) is 18.2 Å². The molecule has 5 heteroatoms. The SMILES string of the molecule is Cc1ccccc1N(C)C(C)(CN)CCCC(F)(F)F. The zero-order valence-corrected chi connectivity index (χ0v) is 12.3. The van der Waals surface area contributed by atoms with E-state index in [0.29, 0.717) is 13.0 Å². The van der Waals surface area contributed by atoms with Crippen LogP contribution in [0, 0.1) is 6.92 Å². The summed E-state index contributed by atoms with van der Waals surface area (Å²) in [5.41, 5.74) is 7.44. The van der Waals surface area contributed by atoms with E-state index in [1.165, 1.54) is 0 Å². The van der Waals surface area contributed by atoms with E-state index in [4.69, 9.17) is 5.73 Å². The fourth-order valence-corrected chi connectivity index (χ4v) is 2.31. The van der Waals surface area contributed by atoms with Gasteiger partial charge in [0.15, 0.2) is 0 Å². The molecule has 2 N–H and O–H groups in total. The molecular formula is C15H23F3N2. The molecule has 1 aromatic rings. The van der Waals surface area contributed by atoms with Crippen LogP contribution in [0.3, 0.4) is 0 Å². The number of para-hydroxylation sites is 1. The van der Waals surface area contributed by atoms with E-state index in [9.17, 15) is 13.2 Å². The lowest BCUT2D eigenvalue weighted by molar-refractivity contribution is -0.136. The molecule has 0 spiro atoms. The molecule has 0 saturated carbocycles. The minimum atomic E-state index is -4.10. The van der Waals surface area contributed by atoms with Crippen LogP contribution in [0.4, 0.5) is 18.9 Å². The number of rotatable bonds is 6. The second kappa shape index (κ2) is 6.48. The van der Waals surface area contributed by atoms with E-state index in [0.717, 1.165) is 11.3 Å². The summed E-state index contributed by atoms with van der Waals surface area (Å²) in [5.74, 6) is 0. The maximum Gasteiger partial charge on any atom is 0.389 e. The van der Waals surface area contributed by atoms with Crippen molar-refractivity contribution in [3.05, 3.63) is 29.8 Å². The lowest BCUT2D eigenvalue weighted by Crippen LogP contribution is -2.50. The number of nitrogens with two attached hydrogens (primary N) is 1. The Balaban J connectivity index is 2.80. The van der Waals surface area contributed by atoms with E-state index in [2.05, 4.69) is 0 Å². The van der Waals surface area contributed by atoms with Crippen LogP contribution in [0.25, 0.3) is 0 Å². The van der Waals surface area contributed by atoms with E-state index < -0.39 is 18.1 Å². The Labute approximate surface area is 118 Å². The molecule has 0 heterocycles. The smallest absolute Gasteiger partial charge is 0.368 e. The van der Waals surface area contributed by atoms with E-state index in [1.807, 2.05) is 50.1 Å². The van der Waals surface area contributed by atoms with Gasteiger partial charge in [-0.3, -0.25) is 0 Å². The number of alkyl halides is 3. The van der Waals surface area contributed by atoms with Gasteiger partial charge in [-0.2, -0.15) is 13.2 Å². The lowest BCUT2D eigenvalue weighted by Gasteiger charge is -2.40. The zero-order valence-electron chi connectivity index (χ0n) is 12.3. The van der Waals surface area contributed by atoms with Crippen LogP contribution in [-0.2, 0) is 0 Å². The van der Waals surface area contributed by atoms with Gasteiger partial charge in [0.2, 0.25) is 0 Å². The molecule has 0 fully saturated rings. The maximum atomic E-state index is 12.3. The van der Waals surface area contributed by atoms with Gasteiger partial charge in [-0.05, 0) is 38.3 Å². The van der Waals surface area contributed by atoms with Crippen molar-refractivity contribution in [2.24, 2.45) is 5.73 Å². The molecule has 1 unspecified atom stereocenters. The molecular weight excluding hydrogens is 265 g/mol. The number of nitrogens with zero attached hydrogens (tertiary/aromatic N) is 1. The number of halogens is 3. The molecule has 0 bridgehead atoms. The molecule has 1 rings (SSSR count). The molecule has 0 saturated heterocycles. The zero-order chi connectivity index (χ0) is 15.4. The quantitative estimate of drug-likeness (QED) is 0.860. The predicted octanol–water partition coefficient (Wildman–Crippen LogP) is 3.88. The highest BCUT2D eigenvalue weighted by Crippen LogP contribution is 2.31. The summed E-state index contributed by atoms with van der Waals surface area (Å²) in [7, 11) is 1.89. The Morgan fingerprint density at radius 3 is 2.25 bits per heavy atom. The highest BCUT2D eigenvalue weighted by atomic mass is 19.4. The first-order valence-corrected chi connectivity index (χ1v) is 6.76. The van der Waals surface area contributed by atoms with E-state index >= 15 is 0 Å². The van der Waals surface area contributed by atoms with Gasteiger partial charge < -0.3 is 10.6 Å². The second-order valence-corrected chi connectivity index (χ2v) is 5.52. The molecule has 20 heavy (non-hydrogen) atoms. The van der Waals surface area contributed by atoms with Gasteiger partial charge in [-0.15, -0.1) is 0 Å². The Kier molecular flexibility index (Phi) is 5.45. The van der Waals surface area contributed by atoms with Crippen molar-refractivity contribution >= 4 is 5.69 Å². The first-order valence-electron chi connectivity index (χ1n) is 6.76. The normalized spacial score (nSPS) is 14.9. The highest BCUT2D eigenvalue weighted by Gasteiger charge is 2.32. The minimum Gasteiger partial charge on any atom is -0.368 e. The number of hydrogen-bond donors (Lipinski definition) is 1. The number of likely N-dealkylation sites (N-methyl/N-ethyl adjacent to an activating group) is 1. The van der Waals surface area contributed by atoms with Crippen molar-refractivity contribution in [3.8, 4) is 0 Å². The summed E-state index contributed by atoms with van der Waals surface area (Å²) in [4.78, 5) is 2.00. The van der Waals surface area contributed by atoms with Crippen LogP contribution in [0.2, 0.25) is 0 Å². The van der Waals surface area contributed by atoms with Crippen molar-refractivity contribution in [1.82, 2.24) is 0 Å². The molecule has 0 aliphatic carbocycles. The highest BCUT2D eigenvalue weighted by molar-refractivity contribution is 5.54. The maximum absolute atomic E-state index is 12.3. The third kappa shape index (κ3) is 4.40. The Bertz CT molecular complexity index is 431. The number of anilines is 1. The summed E-state index contributed by atoms with van der Waals surface area (Å²) in [6, 6.07) is 7.81. The summed E-state index contributed by atoms with van der Waals surface area (Å²) in [6.45, 7) is 4.21. The van der Waals surface area contributed by atoms with Gasteiger partial charge in [-0.25, -0.2) is 0 Å². The van der Waals surface area contributed by atoms with Gasteiger partial charge in [0.25, 0.3) is 0 Å². The van der Waals surface area contributed by atoms with Crippen LogP contribution in [0.1, 0.15) is 31.7 Å². The fourth-order valence-electron chi connectivity index (χ4n) is 2.31. The second-order valence-electron chi connectivity index (χ2n) is 5.52. The largest absolute Gasteiger partial charge is 0.389 e. The molecule has 0 amide bonds. The molecule has 1 aromatic carbocycles. The van der Waals surface area contributed by atoms with Crippen molar-refractivity contribution in [2.45, 2.75) is 44.8 Å². The summed E-state index contributed by atoms with van der Waals surface area (Å²) in [5, 5.41) is 0. The Hall–Kier alpha value is -1.23. The molecule has 0 radical (unpaired) electrons. The van der Waals surface area contributed by atoms with Crippen LogP contribution in [-0.4, -0.2) is 25.3 Å². The van der Waals surface area contributed by atoms with Crippen molar-refractivity contribution in [3.63, 3.8) is 0 Å². The number of benzene rings is 1. The van der Waals surface area contributed by atoms with Crippen LogP contribution < -0.4 is 10.6 Å². The molecule has 1 atom stereocenters. The van der Waals surface area contributed by atoms with Crippen LogP contribution >= 0.6 is 0 Å². The number of hydrogen-bond acceptors (Lipinski definition) is 2. The topological polar surface area (TPSA) is 29.3 Å². The van der Waals surface area contributed by atoms with E-state index in [-0.39, 0.29) is 6.42 Å². The van der Waals surface area contributed by atoms with Crippen molar-refractivity contribution in [2.75, 3.05) is 18.5 Å². The van der Waals surface area contributed by atoms with Gasteiger partial charge >= 0.3 is 6.18 Å². The standard InChI is InChI=1S/C15H23F3N2/c1-12-7-4-5-8-13(12)20(3)14(2,11-19)9-6-10-15(16,17)18/h4-5,7-8H,6,9-11,19H2,1-3H3. The van der Waals surface area contributed by atoms with Crippen LogP contribution in [0.5, 0.6) is 0 Å². The van der Waals surface area contributed by atoms with Crippen molar-refractivity contribution < 1.29 is 13.2 Å². The third-order valence-electron chi connectivity index (χ3n) is 3.90. The third-order valence-corrected chi connectivity index (χ3v) is 3.90.